The highest BCUT2D eigenvalue weighted by Gasteiger charge is 2.31. The Morgan fingerprint density at radius 1 is 1.61 bits per heavy atom. The zero-order valence-electron chi connectivity index (χ0n) is 11.5. The maximum absolute atomic E-state index is 11.8. The second-order valence-electron chi connectivity index (χ2n) is 4.61. The highest BCUT2D eigenvalue weighted by Crippen LogP contribution is 2.11. The molecule has 1 heterocycles. The van der Waals surface area contributed by atoms with Crippen molar-refractivity contribution in [1.82, 2.24) is 15.5 Å². The van der Waals surface area contributed by atoms with Crippen molar-refractivity contribution < 1.29 is 9.59 Å². The van der Waals surface area contributed by atoms with Gasteiger partial charge in [0.05, 0.1) is 12.5 Å². The van der Waals surface area contributed by atoms with Crippen LogP contribution in [0.5, 0.6) is 0 Å². The molecule has 1 rings (SSSR count). The molecule has 5 heteroatoms. The van der Waals surface area contributed by atoms with Crippen molar-refractivity contribution in [3.8, 4) is 0 Å². The maximum Gasteiger partial charge on any atom is 0.237 e. The molecule has 0 aromatic rings. The van der Waals surface area contributed by atoms with E-state index in [1.165, 1.54) is 5.57 Å². The predicted molar refractivity (Wildman–Crippen MR) is 71.1 cm³/mol. The molecule has 1 saturated heterocycles. The van der Waals surface area contributed by atoms with E-state index < -0.39 is 0 Å². The first-order valence-electron chi connectivity index (χ1n) is 6.46. The predicted octanol–water partition coefficient (Wildman–Crippen LogP) is 0.279. The summed E-state index contributed by atoms with van der Waals surface area (Å²) in [6, 6.07) is -0.348. The molecule has 0 aliphatic carbocycles. The minimum absolute atomic E-state index is 0.0471. The third kappa shape index (κ3) is 4.14. The summed E-state index contributed by atoms with van der Waals surface area (Å²) >= 11 is 0. The third-order valence-corrected chi connectivity index (χ3v) is 3.10. The number of allylic oxidation sites excluding steroid dienone is 1. The number of carbonyl (C=O) groups excluding carboxylic acids is 2. The number of hydrogen-bond acceptors (Lipinski definition) is 3. The number of nitrogens with one attached hydrogen (secondary N) is 2. The van der Waals surface area contributed by atoms with Gasteiger partial charge in [0, 0.05) is 26.7 Å². The Morgan fingerprint density at radius 2 is 2.33 bits per heavy atom. The number of nitrogens with zero attached hydrogens (tertiary/aromatic N) is 1. The summed E-state index contributed by atoms with van der Waals surface area (Å²) in [6.07, 6.45) is 3.37. The van der Waals surface area contributed by atoms with Crippen molar-refractivity contribution in [3.63, 3.8) is 0 Å². The fourth-order valence-corrected chi connectivity index (χ4v) is 2.18. The summed E-state index contributed by atoms with van der Waals surface area (Å²) in [5.41, 5.74) is 1.24. The van der Waals surface area contributed by atoms with Crippen LogP contribution in [-0.2, 0) is 9.59 Å². The molecular weight excluding hydrogens is 230 g/mol. The minimum atomic E-state index is -0.348. The Morgan fingerprint density at radius 3 is 2.94 bits per heavy atom. The standard InChI is InChI=1S/C13H23N3O2/c1-4-5-10(2)9-16-7-6-15-13(18)11(16)8-12(17)14-3/h5,11H,4,6-9H2,1-3H3,(H,14,17)(H,15,18)/b10-5+/t11-/m1/s1. The lowest BCUT2D eigenvalue weighted by molar-refractivity contribution is -0.133. The molecule has 1 fully saturated rings. The SMILES string of the molecule is CC/C=C(\C)CN1CCNC(=O)[C@H]1CC(=O)NC. The van der Waals surface area contributed by atoms with Gasteiger partial charge in [0.15, 0.2) is 0 Å². The molecule has 0 saturated carbocycles. The van der Waals surface area contributed by atoms with Gasteiger partial charge in [-0.25, -0.2) is 0 Å². The van der Waals surface area contributed by atoms with Crippen LogP contribution in [0.25, 0.3) is 0 Å². The topological polar surface area (TPSA) is 61.4 Å². The van der Waals surface area contributed by atoms with Gasteiger partial charge in [-0.15, -0.1) is 0 Å². The van der Waals surface area contributed by atoms with Crippen LogP contribution in [-0.4, -0.2) is 49.4 Å². The second-order valence-corrected chi connectivity index (χ2v) is 4.61. The average molecular weight is 253 g/mol. The Hall–Kier alpha value is -1.36. The first kappa shape index (κ1) is 14.7. The maximum atomic E-state index is 11.8. The van der Waals surface area contributed by atoms with Gasteiger partial charge >= 0.3 is 0 Å². The van der Waals surface area contributed by atoms with Crippen molar-refractivity contribution in [1.29, 1.82) is 0 Å². The fourth-order valence-electron chi connectivity index (χ4n) is 2.18. The monoisotopic (exact) mass is 253 g/mol. The van der Waals surface area contributed by atoms with Gasteiger partial charge in [0.1, 0.15) is 0 Å². The van der Waals surface area contributed by atoms with E-state index in [0.29, 0.717) is 6.54 Å². The van der Waals surface area contributed by atoms with E-state index in [0.717, 1.165) is 19.5 Å². The first-order valence-corrected chi connectivity index (χ1v) is 6.46. The summed E-state index contributed by atoms with van der Waals surface area (Å²) in [5.74, 6) is -0.145. The fraction of sp³-hybridized carbons (Fsp3) is 0.692. The second kappa shape index (κ2) is 7.16. The summed E-state index contributed by atoms with van der Waals surface area (Å²) in [7, 11) is 1.59. The van der Waals surface area contributed by atoms with E-state index in [1.807, 2.05) is 0 Å². The van der Waals surface area contributed by atoms with Crippen molar-refractivity contribution in [2.45, 2.75) is 32.7 Å². The van der Waals surface area contributed by atoms with Crippen LogP contribution >= 0.6 is 0 Å². The summed E-state index contributed by atoms with van der Waals surface area (Å²) in [6.45, 7) is 6.36. The summed E-state index contributed by atoms with van der Waals surface area (Å²) in [5, 5.41) is 5.39. The van der Waals surface area contributed by atoms with Crippen LogP contribution < -0.4 is 10.6 Å². The van der Waals surface area contributed by atoms with E-state index in [9.17, 15) is 9.59 Å². The minimum Gasteiger partial charge on any atom is -0.359 e. The van der Waals surface area contributed by atoms with Crippen molar-refractivity contribution >= 4 is 11.8 Å². The van der Waals surface area contributed by atoms with Crippen molar-refractivity contribution in [2.75, 3.05) is 26.7 Å². The lowest BCUT2D eigenvalue weighted by Gasteiger charge is -2.34. The quantitative estimate of drug-likeness (QED) is 0.692. The van der Waals surface area contributed by atoms with E-state index in [1.54, 1.807) is 7.05 Å². The van der Waals surface area contributed by atoms with Crippen LogP contribution in [0.2, 0.25) is 0 Å². The molecule has 0 aromatic heterocycles. The van der Waals surface area contributed by atoms with Gasteiger partial charge < -0.3 is 10.6 Å². The van der Waals surface area contributed by atoms with E-state index in [-0.39, 0.29) is 24.3 Å². The van der Waals surface area contributed by atoms with Crippen LogP contribution in [0.4, 0.5) is 0 Å². The lowest BCUT2D eigenvalue weighted by atomic mass is 10.1. The van der Waals surface area contributed by atoms with Gasteiger partial charge in [-0.1, -0.05) is 18.6 Å². The first-order chi connectivity index (χ1) is 8.58. The van der Waals surface area contributed by atoms with Gasteiger partial charge in [-0.2, -0.15) is 0 Å². The third-order valence-electron chi connectivity index (χ3n) is 3.10. The molecule has 1 aliphatic rings. The molecule has 2 N–H and O–H groups in total. The molecule has 1 atom stereocenters. The highest BCUT2D eigenvalue weighted by molar-refractivity contribution is 5.88. The Labute approximate surface area is 109 Å². The van der Waals surface area contributed by atoms with E-state index >= 15 is 0 Å². The molecule has 0 radical (unpaired) electrons. The Kier molecular flexibility index (Phi) is 5.85. The van der Waals surface area contributed by atoms with E-state index in [4.69, 9.17) is 0 Å². The zero-order chi connectivity index (χ0) is 13.5. The number of rotatable bonds is 5. The van der Waals surface area contributed by atoms with Crippen LogP contribution in [0, 0.1) is 0 Å². The molecule has 0 spiro atoms. The smallest absolute Gasteiger partial charge is 0.237 e. The Balaban J connectivity index is 2.69. The van der Waals surface area contributed by atoms with Crippen molar-refractivity contribution in [3.05, 3.63) is 11.6 Å². The molecular formula is C13H23N3O2. The van der Waals surface area contributed by atoms with Gasteiger partial charge in [-0.3, -0.25) is 14.5 Å². The van der Waals surface area contributed by atoms with Gasteiger partial charge in [0.2, 0.25) is 11.8 Å². The molecule has 2 amide bonds. The summed E-state index contributed by atoms with van der Waals surface area (Å²) < 4.78 is 0. The largest absolute Gasteiger partial charge is 0.359 e. The zero-order valence-corrected chi connectivity index (χ0v) is 11.5. The van der Waals surface area contributed by atoms with Gasteiger partial charge in [0.25, 0.3) is 0 Å². The number of hydrogen-bond donors (Lipinski definition) is 2. The van der Waals surface area contributed by atoms with Crippen LogP contribution in [0.15, 0.2) is 11.6 Å². The number of piperazine rings is 1. The molecule has 0 bridgehead atoms. The normalized spacial score (nSPS) is 21.6. The molecule has 18 heavy (non-hydrogen) atoms. The molecule has 0 aromatic carbocycles. The average Bonchev–Trinajstić information content (AvgIpc) is 2.33. The van der Waals surface area contributed by atoms with Crippen LogP contribution in [0.1, 0.15) is 26.7 Å². The molecule has 5 nitrogen and oxygen atoms in total. The van der Waals surface area contributed by atoms with E-state index in [2.05, 4.69) is 35.5 Å². The van der Waals surface area contributed by atoms with Crippen molar-refractivity contribution in [2.24, 2.45) is 0 Å². The number of carbonyl (C=O) groups is 2. The molecule has 102 valence electrons. The Bertz CT molecular complexity index is 339. The number of amides is 2. The summed E-state index contributed by atoms with van der Waals surface area (Å²) in [4.78, 5) is 25.4. The highest BCUT2D eigenvalue weighted by atomic mass is 16.2. The van der Waals surface area contributed by atoms with Gasteiger partial charge in [-0.05, 0) is 13.3 Å². The van der Waals surface area contributed by atoms with Crippen LogP contribution in [0.3, 0.4) is 0 Å². The molecule has 1 aliphatic heterocycles. The lowest BCUT2D eigenvalue weighted by Crippen LogP contribution is -2.56. The molecule has 0 unspecified atom stereocenters.